The number of nitrogens with one attached hydrogen (secondary N) is 1. The third kappa shape index (κ3) is 2.66. The first-order chi connectivity index (χ1) is 9.70. The molecule has 0 spiro atoms. The minimum absolute atomic E-state index is 0.610. The molecular formula is C16H22Cl2N2. The number of rotatable bonds is 4. The first kappa shape index (κ1) is 14.5. The molecule has 2 aliphatic heterocycles. The van der Waals surface area contributed by atoms with Gasteiger partial charge < -0.3 is 10.2 Å². The fourth-order valence-corrected chi connectivity index (χ4v) is 4.17. The van der Waals surface area contributed by atoms with Crippen molar-refractivity contribution in [1.29, 1.82) is 0 Å². The van der Waals surface area contributed by atoms with Crippen molar-refractivity contribution in [2.24, 2.45) is 0 Å². The Hall–Kier alpha value is -0.440. The van der Waals surface area contributed by atoms with Gasteiger partial charge in [0.2, 0.25) is 0 Å². The number of anilines is 1. The third-order valence-corrected chi connectivity index (χ3v) is 5.43. The molecule has 4 heteroatoms. The molecule has 1 aromatic carbocycles. The van der Waals surface area contributed by atoms with Crippen LogP contribution in [0.1, 0.15) is 39.0 Å². The monoisotopic (exact) mass is 312 g/mol. The van der Waals surface area contributed by atoms with E-state index in [0.29, 0.717) is 28.2 Å². The van der Waals surface area contributed by atoms with E-state index in [-0.39, 0.29) is 0 Å². The van der Waals surface area contributed by atoms with E-state index in [2.05, 4.69) is 23.2 Å². The second kappa shape index (κ2) is 6.13. The largest absolute Gasteiger partial charge is 0.364 e. The van der Waals surface area contributed by atoms with Crippen LogP contribution in [0.5, 0.6) is 0 Å². The average molecular weight is 313 g/mol. The molecule has 2 fully saturated rings. The van der Waals surface area contributed by atoms with Gasteiger partial charge in [-0.2, -0.15) is 0 Å². The molecule has 2 bridgehead atoms. The van der Waals surface area contributed by atoms with Gasteiger partial charge in [-0.15, -0.1) is 0 Å². The minimum atomic E-state index is 0.610. The summed E-state index contributed by atoms with van der Waals surface area (Å²) in [5.41, 5.74) is 1.13. The molecule has 1 N–H and O–H groups in total. The van der Waals surface area contributed by atoms with Crippen LogP contribution in [-0.4, -0.2) is 24.7 Å². The van der Waals surface area contributed by atoms with Crippen molar-refractivity contribution < 1.29 is 0 Å². The Morgan fingerprint density at radius 2 is 1.90 bits per heavy atom. The van der Waals surface area contributed by atoms with Crippen molar-refractivity contribution in [3.05, 3.63) is 28.2 Å². The standard InChI is InChI=1S/C16H22Cl2N2/c1-2-8-19-11-9-12-6-7-13(10-11)20(12)15-5-3-4-14(17)16(15)18/h3-5,11-13,19H,2,6-10H2,1H3. The summed E-state index contributed by atoms with van der Waals surface area (Å²) < 4.78 is 0. The van der Waals surface area contributed by atoms with Gasteiger partial charge in [-0.25, -0.2) is 0 Å². The Balaban J connectivity index is 1.78. The van der Waals surface area contributed by atoms with E-state index in [0.717, 1.165) is 12.2 Å². The lowest BCUT2D eigenvalue weighted by Crippen LogP contribution is -2.49. The number of benzene rings is 1. The van der Waals surface area contributed by atoms with Gasteiger partial charge in [-0.1, -0.05) is 36.2 Å². The van der Waals surface area contributed by atoms with Crippen LogP contribution in [0.4, 0.5) is 5.69 Å². The number of piperidine rings is 1. The smallest absolute Gasteiger partial charge is 0.0825 e. The number of hydrogen-bond acceptors (Lipinski definition) is 2. The van der Waals surface area contributed by atoms with Crippen LogP contribution < -0.4 is 10.2 Å². The number of nitrogens with zero attached hydrogens (tertiary/aromatic N) is 1. The second-order valence-electron chi connectivity index (χ2n) is 5.99. The summed E-state index contributed by atoms with van der Waals surface area (Å²) in [6, 6.07) is 7.87. The minimum Gasteiger partial charge on any atom is -0.364 e. The van der Waals surface area contributed by atoms with Crippen LogP contribution in [0.25, 0.3) is 0 Å². The Labute approximate surface area is 131 Å². The molecule has 2 aliphatic rings. The van der Waals surface area contributed by atoms with Crippen molar-refractivity contribution in [1.82, 2.24) is 5.32 Å². The lowest BCUT2D eigenvalue weighted by Gasteiger charge is -2.41. The van der Waals surface area contributed by atoms with E-state index in [1.165, 1.54) is 32.1 Å². The summed E-state index contributed by atoms with van der Waals surface area (Å²) >= 11 is 12.6. The molecule has 2 heterocycles. The molecule has 0 aromatic heterocycles. The van der Waals surface area contributed by atoms with Crippen LogP contribution >= 0.6 is 23.2 Å². The summed E-state index contributed by atoms with van der Waals surface area (Å²) in [6.07, 6.45) is 6.20. The zero-order valence-corrected chi connectivity index (χ0v) is 13.4. The zero-order chi connectivity index (χ0) is 14.1. The molecule has 3 rings (SSSR count). The molecule has 2 unspecified atom stereocenters. The summed E-state index contributed by atoms with van der Waals surface area (Å²) in [5, 5.41) is 5.06. The second-order valence-corrected chi connectivity index (χ2v) is 6.77. The summed E-state index contributed by atoms with van der Waals surface area (Å²) in [5.74, 6) is 0. The number of hydrogen-bond donors (Lipinski definition) is 1. The highest BCUT2D eigenvalue weighted by molar-refractivity contribution is 6.43. The molecule has 2 saturated heterocycles. The highest BCUT2D eigenvalue weighted by Crippen LogP contribution is 2.43. The van der Waals surface area contributed by atoms with Crippen molar-refractivity contribution in [3.63, 3.8) is 0 Å². The Morgan fingerprint density at radius 3 is 2.55 bits per heavy atom. The zero-order valence-electron chi connectivity index (χ0n) is 11.9. The summed E-state index contributed by atoms with van der Waals surface area (Å²) in [7, 11) is 0. The molecular weight excluding hydrogens is 291 g/mol. The van der Waals surface area contributed by atoms with Gasteiger partial charge in [-0.05, 0) is 50.8 Å². The number of fused-ring (bicyclic) bond motifs is 2. The highest BCUT2D eigenvalue weighted by Gasteiger charge is 2.41. The lowest BCUT2D eigenvalue weighted by molar-refractivity contribution is 0.357. The van der Waals surface area contributed by atoms with Crippen LogP contribution in [0, 0.1) is 0 Å². The molecule has 0 aliphatic carbocycles. The summed E-state index contributed by atoms with van der Waals surface area (Å²) in [4.78, 5) is 2.53. The van der Waals surface area contributed by atoms with Crippen molar-refractivity contribution in [3.8, 4) is 0 Å². The quantitative estimate of drug-likeness (QED) is 0.881. The Morgan fingerprint density at radius 1 is 1.20 bits per heavy atom. The van der Waals surface area contributed by atoms with Gasteiger partial charge in [-0.3, -0.25) is 0 Å². The van der Waals surface area contributed by atoms with E-state index >= 15 is 0 Å². The third-order valence-electron chi connectivity index (χ3n) is 4.63. The molecule has 2 nitrogen and oxygen atoms in total. The van der Waals surface area contributed by atoms with Crippen LogP contribution in [0.2, 0.25) is 10.0 Å². The molecule has 0 amide bonds. The number of halogens is 2. The Kier molecular flexibility index (Phi) is 4.44. The van der Waals surface area contributed by atoms with Gasteiger partial charge in [0.15, 0.2) is 0 Å². The molecule has 0 radical (unpaired) electrons. The van der Waals surface area contributed by atoms with Gasteiger partial charge in [0.25, 0.3) is 0 Å². The lowest BCUT2D eigenvalue weighted by atomic mass is 9.96. The van der Waals surface area contributed by atoms with E-state index in [1.54, 1.807) is 0 Å². The molecule has 20 heavy (non-hydrogen) atoms. The highest BCUT2D eigenvalue weighted by atomic mass is 35.5. The molecule has 110 valence electrons. The van der Waals surface area contributed by atoms with Crippen molar-refractivity contribution in [2.45, 2.75) is 57.2 Å². The van der Waals surface area contributed by atoms with Crippen LogP contribution in [0.15, 0.2) is 18.2 Å². The van der Waals surface area contributed by atoms with Crippen molar-refractivity contribution in [2.75, 3.05) is 11.4 Å². The fourth-order valence-electron chi connectivity index (χ4n) is 3.78. The first-order valence-electron chi connectivity index (χ1n) is 7.66. The van der Waals surface area contributed by atoms with Gasteiger partial charge in [0, 0.05) is 18.1 Å². The van der Waals surface area contributed by atoms with Crippen molar-refractivity contribution >= 4 is 28.9 Å². The maximum atomic E-state index is 6.42. The normalized spacial score (nSPS) is 28.9. The first-order valence-corrected chi connectivity index (χ1v) is 8.42. The molecule has 0 saturated carbocycles. The predicted molar refractivity (Wildman–Crippen MR) is 87.1 cm³/mol. The van der Waals surface area contributed by atoms with E-state index in [9.17, 15) is 0 Å². The topological polar surface area (TPSA) is 15.3 Å². The van der Waals surface area contributed by atoms with Gasteiger partial charge in [0.05, 0.1) is 15.7 Å². The molecule has 2 atom stereocenters. The van der Waals surface area contributed by atoms with Crippen LogP contribution in [-0.2, 0) is 0 Å². The molecule has 1 aromatic rings. The van der Waals surface area contributed by atoms with Gasteiger partial charge >= 0.3 is 0 Å². The Bertz CT molecular complexity index is 464. The maximum absolute atomic E-state index is 6.42. The predicted octanol–water partition coefficient (Wildman–Crippen LogP) is 4.49. The SMILES string of the molecule is CCCNC1CC2CCC(C1)N2c1cccc(Cl)c1Cl. The average Bonchev–Trinajstić information content (AvgIpc) is 2.70. The maximum Gasteiger partial charge on any atom is 0.0825 e. The van der Waals surface area contributed by atoms with E-state index in [4.69, 9.17) is 23.2 Å². The van der Waals surface area contributed by atoms with E-state index < -0.39 is 0 Å². The fraction of sp³-hybridized carbons (Fsp3) is 0.625. The van der Waals surface area contributed by atoms with E-state index in [1.807, 2.05) is 12.1 Å². The van der Waals surface area contributed by atoms with Gasteiger partial charge in [0.1, 0.15) is 0 Å². The van der Waals surface area contributed by atoms with Crippen LogP contribution in [0.3, 0.4) is 0 Å². The summed E-state index contributed by atoms with van der Waals surface area (Å²) in [6.45, 7) is 3.35.